The molecular formula is C11H21N. The van der Waals surface area contributed by atoms with Crippen molar-refractivity contribution in [3.8, 4) is 0 Å². The first-order valence-corrected chi connectivity index (χ1v) is 5.49. The van der Waals surface area contributed by atoms with E-state index >= 15 is 0 Å². The fourth-order valence-electron chi connectivity index (χ4n) is 3.08. The second kappa shape index (κ2) is 2.73. The van der Waals surface area contributed by atoms with Gasteiger partial charge in [0, 0.05) is 6.04 Å². The Bertz CT molecular complexity index is 166. The molecule has 1 nitrogen and oxygen atoms in total. The molecule has 2 unspecified atom stereocenters. The van der Waals surface area contributed by atoms with Crippen molar-refractivity contribution in [2.45, 2.75) is 52.0 Å². The molecule has 2 aliphatic carbocycles. The van der Waals surface area contributed by atoms with Gasteiger partial charge in [-0.1, -0.05) is 26.7 Å². The molecule has 0 aliphatic heterocycles. The van der Waals surface area contributed by atoms with Crippen LogP contribution in [0.4, 0.5) is 0 Å². The summed E-state index contributed by atoms with van der Waals surface area (Å²) in [5, 5.41) is 0. The molecule has 0 aromatic carbocycles. The van der Waals surface area contributed by atoms with Crippen LogP contribution < -0.4 is 5.73 Å². The Labute approximate surface area is 75.7 Å². The number of rotatable bonds is 3. The summed E-state index contributed by atoms with van der Waals surface area (Å²) in [5.74, 6) is 1.77. The Morgan fingerprint density at radius 3 is 2.25 bits per heavy atom. The second-order valence-corrected chi connectivity index (χ2v) is 4.83. The lowest BCUT2D eigenvalue weighted by Crippen LogP contribution is -2.53. The molecule has 1 heteroatoms. The van der Waals surface area contributed by atoms with Crippen LogP contribution in [-0.4, -0.2) is 6.04 Å². The van der Waals surface area contributed by atoms with Crippen molar-refractivity contribution in [3.05, 3.63) is 0 Å². The molecule has 2 atom stereocenters. The topological polar surface area (TPSA) is 26.0 Å². The fourth-order valence-corrected chi connectivity index (χ4v) is 3.08. The molecule has 2 aliphatic rings. The van der Waals surface area contributed by atoms with Gasteiger partial charge in [0.2, 0.25) is 0 Å². The Morgan fingerprint density at radius 1 is 1.33 bits per heavy atom. The maximum Gasteiger partial charge on any atom is 0.0127 e. The third-order valence-electron chi connectivity index (χ3n) is 4.36. The van der Waals surface area contributed by atoms with E-state index in [1.165, 1.54) is 32.1 Å². The van der Waals surface area contributed by atoms with Crippen LogP contribution in [-0.2, 0) is 0 Å². The monoisotopic (exact) mass is 167 g/mol. The molecule has 0 saturated heterocycles. The van der Waals surface area contributed by atoms with Crippen LogP contribution in [0.1, 0.15) is 46.0 Å². The fraction of sp³-hybridized carbons (Fsp3) is 1.00. The van der Waals surface area contributed by atoms with Crippen molar-refractivity contribution in [3.63, 3.8) is 0 Å². The quantitative estimate of drug-likeness (QED) is 0.687. The van der Waals surface area contributed by atoms with Gasteiger partial charge in [0.15, 0.2) is 0 Å². The Morgan fingerprint density at radius 2 is 1.92 bits per heavy atom. The van der Waals surface area contributed by atoms with Crippen LogP contribution in [0.2, 0.25) is 0 Å². The van der Waals surface area contributed by atoms with E-state index in [9.17, 15) is 0 Å². The van der Waals surface area contributed by atoms with Crippen LogP contribution >= 0.6 is 0 Å². The summed E-state index contributed by atoms with van der Waals surface area (Å²) < 4.78 is 0. The molecule has 0 amide bonds. The molecule has 0 aromatic rings. The van der Waals surface area contributed by atoms with Crippen LogP contribution in [0.3, 0.4) is 0 Å². The van der Waals surface area contributed by atoms with Gasteiger partial charge in [-0.15, -0.1) is 0 Å². The first-order chi connectivity index (χ1) is 5.73. The van der Waals surface area contributed by atoms with E-state index in [2.05, 4.69) is 13.8 Å². The van der Waals surface area contributed by atoms with E-state index in [1.54, 1.807) is 0 Å². The van der Waals surface area contributed by atoms with Crippen LogP contribution in [0.25, 0.3) is 0 Å². The maximum absolute atomic E-state index is 6.22. The lowest BCUT2D eigenvalue weighted by molar-refractivity contribution is 0.0611. The number of nitrogens with two attached hydrogens (primary N) is 1. The smallest absolute Gasteiger partial charge is 0.0127 e. The number of hydrogen-bond donors (Lipinski definition) is 1. The molecular weight excluding hydrogens is 146 g/mol. The summed E-state index contributed by atoms with van der Waals surface area (Å²) in [4.78, 5) is 0. The zero-order valence-corrected chi connectivity index (χ0v) is 8.34. The zero-order chi connectivity index (χ0) is 8.77. The molecule has 1 spiro atoms. The van der Waals surface area contributed by atoms with Gasteiger partial charge in [0.05, 0.1) is 0 Å². The molecule has 2 fully saturated rings. The van der Waals surface area contributed by atoms with Crippen LogP contribution in [0, 0.1) is 17.3 Å². The Balaban J connectivity index is 1.90. The van der Waals surface area contributed by atoms with E-state index in [0.29, 0.717) is 11.5 Å². The normalized spacial score (nSPS) is 37.0. The van der Waals surface area contributed by atoms with Crippen molar-refractivity contribution >= 4 is 0 Å². The standard InChI is InChI=1S/C11H21N/c1-3-8(4-2)9-7-11(5-6-11)10(9)12/h8-10H,3-7,12H2,1-2H3. The van der Waals surface area contributed by atoms with Crippen molar-refractivity contribution in [2.24, 2.45) is 23.0 Å². The third-order valence-corrected chi connectivity index (χ3v) is 4.36. The summed E-state index contributed by atoms with van der Waals surface area (Å²) in [5.41, 5.74) is 6.88. The summed E-state index contributed by atoms with van der Waals surface area (Å²) in [6.07, 6.45) is 6.94. The minimum atomic E-state index is 0.558. The van der Waals surface area contributed by atoms with E-state index in [0.717, 1.165) is 11.8 Å². The minimum Gasteiger partial charge on any atom is -0.327 e. The highest BCUT2D eigenvalue weighted by atomic mass is 14.8. The minimum absolute atomic E-state index is 0.558. The van der Waals surface area contributed by atoms with Gasteiger partial charge in [-0.2, -0.15) is 0 Å². The molecule has 0 radical (unpaired) electrons. The van der Waals surface area contributed by atoms with Crippen LogP contribution in [0.15, 0.2) is 0 Å². The SMILES string of the molecule is CCC(CC)C1CC2(CC2)C1N. The average molecular weight is 167 g/mol. The van der Waals surface area contributed by atoms with Gasteiger partial charge in [0.25, 0.3) is 0 Å². The Hall–Kier alpha value is -0.0400. The lowest BCUT2D eigenvalue weighted by atomic mass is 9.61. The maximum atomic E-state index is 6.22. The van der Waals surface area contributed by atoms with Crippen molar-refractivity contribution in [1.29, 1.82) is 0 Å². The second-order valence-electron chi connectivity index (χ2n) is 4.83. The highest BCUT2D eigenvalue weighted by molar-refractivity contribution is 5.13. The van der Waals surface area contributed by atoms with E-state index in [1.807, 2.05) is 0 Å². The van der Waals surface area contributed by atoms with Gasteiger partial charge in [-0.3, -0.25) is 0 Å². The first-order valence-electron chi connectivity index (χ1n) is 5.49. The summed E-state index contributed by atoms with van der Waals surface area (Å²) in [7, 11) is 0. The molecule has 70 valence electrons. The third kappa shape index (κ3) is 1.02. The van der Waals surface area contributed by atoms with Crippen molar-refractivity contribution < 1.29 is 0 Å². The summed E-state index contributed by atoms with van der Waals surface area (Å²) in [6.45, 7) is 4.61. The van der Waals surface area contributed by atoms with E-state index < -0.39 is 0 Å². The van der Waals surface area contributed by atoms with Crippen molar-refractivity contribution in [1.82, 2.24) is 0 Å². The summed E-state index contributed by atoms with van der Waals surface area (Å²) >= 11 is 0. The number of hydrogen-bond acceptors (Lipinski definition) is 1. The molecule has 2 N–H and O–H groups in total. The molecule has 0 bridgehead atoms. The van der Waals surface area contributed by atoms with Gasteiger partial charge in [-0.05, 0) is 36.5 Å². The van der Waals surface area contributed by atoms with E-state index in [-0.39, 0.29) is 0 Å². The van der Waals surface area contributed by atoms with Gasteiger partial charge < -0.3 is 5.73 Å². The predicted octanol–water partition coefficient (Wildman–Crippen LogP) is 2.55. The van der Waals surface area contributed by atoms with Gasteiger partial charge in [-0.25, -0.2) is 0 Å². The molecule has 2 rings (SSSR count). The van der Waals surface area contributed by atoms with Crippen molar-refractivity contribution in [2.75, 3.05) is 0 Å². The predicted molar refractivity (Wildman–Crippen MR) is 51.8 cm³/mol. The van der Waals surface area contributed by atoms with E-state index in [4.69, 9.17) is 5.73 Å². The summed E-state index contributed by atoms with van der Waals surface area (Å²) in [6, 6.07) is 0.558. The largest absolute Gasteiger partial charge is 0.327 e. The van der Waals surface area contributed by atoms with Gasteiger partial charge >= 0.3 is 0 Å². The van der Waals surface area contributed by atoms with Crippen LogP contribution in [0.5, 0.6) is 0 Å². The Kier molecular flexibility index (Phi) is 1.95. The molecule has 0 heterocycles. The lowest BCUT2D eigenvalue weighted by Gasteiger charge is -2.47. The molecule has 12 heavy (non-hydrogen) atoms. The van der Waals surface area contributed by atoms with Gasteiger partial charge in [0.1, 0.15) is 0 Å². The zero-order valence-electron chi connectivity index (χ0n) is 8.34. The highest BCUT2D eigenvalue weighted by Gasteiger charge is 2.60. The molecule has 2 saturated carbocycles. The highest BCUT2D eigenvalue weighted by Crippen LogP contribution is 2.64. The average Bonchev–Trinajstić information content (AvgIpc) is 2.87. The first kappa shape index (κ1) is 8.55. The molecule has 0 aromatic heterocycles.